The molecule has 0 spiro atoms. The molecule has 1 aromatic carbocycles. The Morgan fingerprint density at radius 3 is 2.13 bits per heavy atom. The lowest BCUT2D eigenvalue weighted by Gasteiger charge is -2.19. The summed E-state index contributed by atoms with van der Waals surface area (Å²) in [6.07, 6.45) is 5.33. The number of aryl methyl sites for hydroxylation is 1. The van der Waals surface area contributed by atoms with Crippen molar-refractivity contribution >= 4 is 33.8 Å². The van der Waals surface area contributed by atoms with Crippen LogP contribution in [0.2, 0.25) is 0 Å². The molecule has 0 bridgehead atoms. The van der Waals surface area contributed by atoms with E-state index >= 15 is 0 Å². The number of nitrogens with one attached hydrogen (secondary N) is 6. The van der Waals surface area contributed by atoms with Crippen molar-refractivity contribution in [1.29, 1.82) is 0 Å². The molecule has 0 fully saturated rings. The summed E-state index contributed by atoms with van der Waals surface area (Å²) in [5.74, 6) is -2.56. The monoisotopic (exact) mass is 560 g/mol. The maximum absolute atomic E-state index is 12.8. The number of nitrogens with zero attached hydrogens (tertiary/aromatic N) is 2. The first kappa shape index (κ1) is 28.8. The zero-order valence-corrected chi connectivity index (χ0v) is 21.6. The second-order valence-electron chi connectivity index (χ2n) is 8.46. The van der Waals surface area contributed by atoms with Crippen molar-refractivity contribution in [3.05, 3.63) is 66.3 Å². The standard InChI is InChI=1S/C23H28N8O7S/c1-14-4-2-3-5-19(14)39(37,38)31-23(36)30-17(8-15-10-24-12-27-15)21(33)26-7-6-20(32)29-18(22(34)35)9-16-11-25-13-28-16/h2-5,10-13,17-18H,6-9H2,1H3,(H,24,27)(H,25,28)(H,26,33)(H,29,32)(H,34,35)(H2,30,31,36)/t17-,18-/m0/s1. The number of urea groups is 1. The molecule has 3 aromatic rings. The first-order valence-electron chi connectivity index (χ1n) is 11.7. The van der Waals surface area contributed by atoms with Gasteiger partial charge in [-0.05, 0) is 18.6 Å². The van der Waals surface area contributed by atoms with Gasteiger partial charge in [-0.2, -0.15) is 0 Å². The number of H-pyrrole nitrogens is 2. The summed E-state index contributed by atoms with van der Waals surface area (Å²) in [6, 6.07) is 2.52. The van der Waals surface area contributed by atoms with Crippen LogP contribution >= 0.6 is 0 Å². The second kappa shape index (κ2) is 13.2. The molecule has 15 nitrogen and oxygen atoms in total. The number of amides is 4. The normalized spacial score (nSPS) is 12.6. The van der Waals surface area contributed by atoms with Gasteiger partial charge in [0.2, 0.25) is 11.8 Å². The molecule has 2 heterocycles. The van der Waals surface area contributed by atoms with Crippen molar-refractivity contribution in [2.24, 2.45) is 0 Å². The van der Waals surface area contributed by atoms with E-state index in [4.69, 9.17) is 0 Å². The molecule has 0 saturated heterocycles. The Morgan fingerprint density at radius 1 is 0.949 bits per heavy atom. The smallest absolute Gasteiger partial charge is 0.329 e. The largest absolute Gasteiger partial charge is 0.480 e. The van der Waals surface area contributed by atoms with Crippen LogP contribution in [0.25, 0.3) is 0 Å². The predicted octanol–water partition coefficient (Wildman–Crippen LogP) is -0.641. The zero-order chi connectivity index (χ0) is 28.4. The molecule has 0 radical (unpaired) electrons. The van der Waals surface area contributed by atoms with E-state index in [1.54, 1.807) is 19.1 Å². The Kier molecular flexibility index (Phi) is 9.75. The second-order valence-corrected chi connectivity index (χ2v) is 10.1. The molecule has 0 aliphatic rings. The van der Waals surface area contributed by atoms with Crippen LogP contribution in [0.3, 0.4) is 0 Å². The minimum atomic E-state index is -4.21. The number of imidazole rings is 2. The van der Waals surface area contributed by atoms with E-state index in [0.29, 0.717) is 17.0 Å². The summed E-state index contributed by atoms with van der Waals surface area (Å²) >= 11 is 0. The molecule has 16 heteroatoms. The molecule has 0 unspecified atom stereocenters. The van der Waals surface area contributed by atoms with E-state index in [2.05, 4.69) is 35.9 Å². The molecule has 3 rings (SSSR count). The van der Waals surface area contributed by atoms with Gasteiger partial charge in [0.05, 0.1) is 17.6 Å². The lowest BCUT2D eigenvalue weighted by Crippen LogP contribution is -2.52. The third kappa shape index (κ3) is 8.67. The Balaban J connectivity index is 1.57. The summed E-state index contributed by atoms with van der Waals surface area (Å²) in [5, 5.41) is 16.6. The summed E-state index contributed by atoms with van der Waals surface area (Å²) in [5.41, 5.74) is 1.43. The highest BCUT2D eigenvalue weighted by Gasteiger charge is 2.26. The van der Waals surface area contributed by atoms with Gasteiger partial charge in [0.15, 0.2) is 0 Å². The van der Waals surface area contributed by atoms with Crippen molar-refractivity contribution in [3.63, 3.8) is 0 Å². The van der Waals surface area contributed by atoms with Crippen LogP contribution in [0.15, 0.2) is 54.2 Å². The van der Waals surface area contributed by atoms with Gasteiger partial charge in [-0.3, -0.25) is 9.59 Å². The third-order valence-corrected chi connectivity index (χ3v) is 6.97. The van der Waals surface area contributed by atoms with Crippen LogP contribution in [0.1, 0.15) is 23.4 Å². The van der Waals surface area contributed by atoms with Crippen LogP contribution in [0.4, 0.5) is 4.79 Å². The molecule has 7 N–H and O–H groups in total. The number of aromatic amines is 2. The topological polar surface area (TPSA) is 228 Å². The maximum atomic E-state index is 12.8. The molecule has 0 saturated carbocycles. The number of rotatable bonds is 13. The number of carbonyl (C=O) groups excluding carboxylic acids is 3. The van der Waals surface area contributed by atoms with Crippen LogP contribution in [-0.4, -0.2) is 75.9 Å². The van der Waals surface area contributed by atoms with E-state index in [1.165, 1.54) is 37.2 Å². The molecule has 39 heavy (non-hydrogen) atoms. The Bertz CT molecular complexity index is 1390. The molecule has 0 aliphatic heterocycles. The van der Waals surface area contributed by atoms with E-state index in [9.17, 15) is 32.7 Å². The first-order chi connectivity index (χ1) is 18.5. The Labute approximate surface area is 223 Å². The van der Waals surface area contributed by atoms with Gasteiger partial charge in [0, 0.05) is 49.6 Å². The number of aromatic nitrogens is 4. The zero-order valence-electron chi connectivity index (χ0n) is 20.8. The van der Waals surface area contributed by atoms with Gasteiger partial charge in [0.1, 0.15) is 12.1 Å². The summed E-state index contributed by atoms with van der Waals surface area (Å²) in [6.45, 7) is 1.40. The molecular weight excluding hydrogens is 532 g/mol. The number of hydrogen-bond acceptors (Lipinski definition) is 8. The molecular formula is C23H28N8O7S. The van der Waals surface area contributed by atoms with Gasteiger partial charge in [0.25, 0.3) is 10.0 Å². The summed E-state index contributed by atoms with van der Waals surface area (Å²) < 4.78 is 27.2. The lowest BCUT2D eigenvalue weighted by atomic mass is 10.1. The van der Waals surface area contributed by atoms with Crippen molar-refractivity contribution in [3.8, 4) is 0 Å². The van der Waals surface area contributed by atoms with Gasteiger partial charge >= 0.3 is 12.0 Å². The number of aliphatic carboxylic acids is 1. The number of benzene rings is 1. The minimum Gasteiger partial charge on any atom is -0.480 e. The molecule has 2 aromatic heterocycles. The number of carbonyl (C=O) groups is 4. The fraction of sp³-hybridized carbons (Fsp3) is 0.304. The highest BCUT2D eigenvalue weighted by atomic mass is 32.2. The van der Waals surface area contributed by atoms with Gasteiger partial charge in [-0.25, -0.2) is 32.7 Å². The summed E-state index contributed by atoms with van der Waals surface area (Å²) in [7, 11) is -4.21. The number of carboxylic acids is 1. The third-order valence-electron chi connectivity index (χ3n) is 5.47. The Hall–Kier alpha value is -4.73. The number of hydrogen-bond donors (Lipinski definition) is 7. The quantitative estimate of drug-likeness (QED) is 0.141. The number of carboxylic acid groups (broad SMARTS) is 1. The van der Waals surface area contributed by atoms with E-state index in [1.807, 2.05) is 4.72 Å². The van der Waals surface area contributed by atoms with Crippen LogP contribution in [-0.2, 0) is 37.2 Å². The Morgan fingerprint density at radius 2 is 1.56 bits per heavy atom. The summed E-state index contributed by atoms with van der Waals surface area (Å²) in [4.78, 5) is 62.3. The van der Waals surface area contributed by atoms with Crippen molar-refractivity contribution in [1.82, 2.24) is 40.6 Å². The lowest BCUT2D eigenvalue weighted by molar-refractivity contribution is -0.141. The number of sulfonamides is 1. The van der Waals surface area contributed by atoms with Crippen LogP contribution in [0.5, 0.6) is 0 Å². The average molecular weight is 561 g/mol. The van der Waals surface area contributed by atoms with Gasteiger partial charge in [-0.1, -0.05) is 18.2 Å². The first-order valence-corrected chi connectivity index (χ1v) is 13.2. The molecule has 4 amide bonds. The van der Waals surface area contributed by atoms with E-state index < -0.39 is 45.9 Å². The molecule has 0 aliphatic carbocycles. The molecule has 2 atom stereocenters. The predicted molar refractivity (Wildman–Crippen MR) is 136 cm³/mol. The fourth-order valence-corrected chi connectivity index (χ4v) is 4.72. The maximum Gasteiger partial charge on any atom is 0.329 e. The average Bonchev–Trinajstić information content (AvgIpc) is 3.57. The van der Waals surface area contributed by atoms with Gasteiger partial charge in [-0.15, -0.1) is 0 Å². The minimum absolute atomic E-state index is 0.00979. The van der Waals surface area contributed by atoms with Crippen molar-refractivity contribution in [2.45, 2.75) is 43.2 Å². The highest BCUT2D eigenvalue weighted by Crippen LogP contribution is 2.13. The highest BCUT2D eigenvalue weighted by molar-refractivity contribution is 7.90. The molecule has 208 valence electrons. The fourth-order valence-electron chi connectivity index (χ4n) is 3.55. The van der Waals surface area contributed by atoms with E-state index in [0.717, 1.165) is 0 Å². The van der Waals surface area contributed by atoms with Gasteiger partial charge < -0.3 is 31.0 Å². The van der Waals surface area contributed by atoms with Crippen LogP contribution in [0, 0.1) is 6.92 Å². The SMILES string of the molecule is Cc1ccccc1S(=O)(=O)NC(=O)N[C@@H](Cc1cnc[nH]1)C(=O)NCCC(=O)N[C@@H](Cc1cnc[nH]1)C(=O)O. The van der Waals surface area contributed by atoms with Crippen molar-refractivity contribution in [2.75, 3.05) is 6.54 Å². The van der Waals surface area contributed by atoms with Crippen molar-refractivity contribution < 1.29 is 32.7 Å². The van der Waals surface area contributed by atoms with E-state index in [-0.39, 0.29) is 30.7 Å². The van der Waals surface area contributed by atoms with Crippen LogP contribution < -0.4 is 20.7 Å².